The molecule has 2 aliphatic carbocycles. The van der Waals surface area contributed by atoms with E-state index >= 15 is 0 Å². The summed E-state index contributed by atoms with van der Waals surface area (Å²) >= 11 is 0. The highest BCUT2D eigenvalue weighted by Gasteiger charge is 2.38. The SMILES string of the molecule is CC(C)(C)OC(=O)N1CCN(C(=O)c2ncn([C@H]3CCCC[C@H]3NCC3CC3)c2-c2ccccc2)[C@H](Cc2ccccc2)C1. The zero-order valence-electron chi connectivity index (χ0n) is 26.5. The van der Waals surface area contributed by atoms with E-state index < -0.39 is 5.60 Å². The van der Waals surface area contributed by atoms with Crippen LogP contribution in [-0.2, 0) is 11.2 Å². The Morgan fingerprint density at radius 2 is 1.64 bits per heavy atom. The Labute approximate surface area is 261 Å². The highest BCUT2D eigenvalue weighted by Crippen LogP contribution is 2.36. The molecule has 2 saturated carbocycles. The highest BCUT2D eigenvalue weighted by atomic mass is 16.6. The van der Waals surface area contributed by atoms with Crippen molar-refractivity contribution in [2.75, 3.05) is 26.2 Å². The smallest absolute Gasteiger partial charge is 0.410 e. The summed E-state index contributed by atoms with van der Waals surface area (Å²) in [5.41, 5.74) is 2.94. The molecule has 1 N–H and O–H groups in total. The topological polar surface area (TPSA) is 79.7 Å². The second-order valence-electron chi connectivity index (χ2n) is 13.8. The van der Waals surface area contributed by atoms with Gasteiger partial charge in [-0.15, -0.1) is 0 Å². The van der Waals surface area contributed by atoms with Gasteiger partial charge in [0.1, 0.15) is 5.60 Å². The monoisotopic (exact) mass is 597 g/mol. The van der Waals surface area contributed by atoms with E-state index in [1.165, 1.54) is 25.7 Å². The molecule has 1 aromatic heterocycles. The lowest BCUT2D eigenvalue weighted by molar-refractivity contribution is 0.00429. The molecule has 8 heteroatoms. The molecule has 1 saturated heterocycles. The van der Waals surface area contributed by atoms with Crippen LogP contribution in [0, 0.1) is 5.92 Å². The molecule has 0 unspecified atom stereocenters. The van der Waals surface area contributed by atoms with Crippen LogP contribution in [0.15, 0.2) is 67.0 Å². The van der Waals surface area contributed by atoms with Crippen LogP contribution in [0.4, 0.5) is 4.79 Å². The molecule has 6 rings (SSSR count). The first kappa shape index (κ1) is 30.4. The van der Waals surface area contributed by atoms with E-state index in [2.05, 4.69) is 34.1 Å². The number of hydrogen-bond acceptors (Lipinski definition) is 5. The standard InChI is InChI=1S/C36H47N5O3/c1-36(2,3)44-35(43)39-20-21-40(29(24-39)22-26-12-6-4-7-13-26)34(42)32-33(28-14-8-5-9-15-28)41(25-38-32)31-17-11-10-16-30(31)37-23-27-18-19-27/h4-9,12-15,25,27,29-31,37H,10-11,16-24H2,1-3H3/t29-,30-,31+/m1/s1. The number of carbonyl (C=O) groups excluding carboxylic acids is 2. The van der Waals surface area contributed by atoms with Gasteiger partial charge in [0.15, 0.2) is 5.69 Å². The number of piperazine rings is 1. The van der Waals surface area contributed by atoms with Crippen molar-refractivity contribution in [3.8, 4) is 11.3 Å². The third-order valence-electron chi connectivity index (χ3n) is 9.21. The van der Waals surface area contributed by atoms with Crippen molar-refractivity contribution in [2.24, 2.45) is 5.92 Å². The Kier molecular flexibility index (Phi) is 9.08. The van der Waals surface area contributed by atoms with Gasteiger partial charge < -0.3 is 24.4 Å². The van der Waals surface area contributed by atoms with Crippen LogP contribution in [-0.4, -0.2) is 75.2 Å². The highest BCUT2D eigenvalue weighted by molar-refractivity contribution is 5.98. The van der Waals surface area contributed by atoms with Crippen LogP contribution in [0.3, 0.4) is 0 Å². The molecule has 44 heavy (non-hydrogen) atoms. The van der Waals surface area contributed by atoms with E-state index in [0.717, 1.165) is 42.1 Å². The number of ether oxygens (including phenoxy) is 1. The third kappa shape index (κ3) is 7.17. The van der Waals surface area contributed by atoms with Gasteiger partial charge in [-0.3, -0.25) is 4.79 Å². The minimum atomic E-state index is -0.582. The first-order valence-electron chi connectivity index (χ1n) is 16.5. The molecule has 2 amide bonds. The second kappa shape index (κ2) is 13.1. The summed E-state index contributed by atoms with van der Waals surface area (Å²) in [5, 5.41) is 3.89. The summed E-state index contributed by atoms with van der Waals surface area (Å²) < 4.78 is 8.00. The molecule has 3 fully saturated rings. The minimum Gasteiger partial charge on any atom is -0.444 e. The van der Waals surface area contributed by atoms with Crippen LogP contribution >= 0.6 is 0 Å². The summed E-state index contributed by atoms with van der Waals surface area (Å²) in [7, 11) is 0. The van der Waals surface area contributed by atoms with Gasteiger partial charge in [-0.25, -0.2) is 9.78 Å². The van der Waals surface area contributed by atoms with Crippen molar-refractivity contribution < 1.29 is 14.3 Å². The molecule has 3 aliphatic rings. The molecule has 3 atom stereocenters. The van der Waals surface area contributed by atoms with Crippen molar-refractivity contribution in [3.05, 3.63) is 78.2 Å². The zero-order valence-corrected chi connectivity index (χ0v) is 26.5. The van der Waals surface area contributed by atoms with Gasteiger partial charge in [-0.1, -0.05) is 73.5 Å². The average Bonchev–Trinajstić information content (AvgIpc) is 3.75. The summed E-state index contributed by atoms with van der Waals surface area (Å²) in [6.07, 6.45) is 9.47. The van der Waals surface area contributed by atoms with Crippen molar-refractivity contribution in [1.82, 2.24) is 24.7 Å². The molecule has 3 aromatic rings. The Bertz CT molecular complexity index is 1410. The Morgan fingerprint density at radius 1 is 0.932 bits per heavy atom. The molecule has 8 nitrogen and oxygen atoms in total. The largest absolute Gasteiger partial charge is 0.444 e. The Morgan fingerprint density at radius 3 is 2.34 bits per heavy atom. The molecule has 0 bridgehead atoms. The lowest BCUT2D eigenvalue weighted by atomic mass is 9.89. The van der Waals surface area contributed by atoms with Crippen molar-refractivity contribution in [1.29, 1.82) is 0 Å². The van der Waals surface area contributed by atoms with Gasteiger partial charge in [-0.05, 0) is 70.9 Å². The van der Waals surface area contributed by atoms with Crippen LogP contribution in [0.1, 0.15) is 81.4 Å². The van der Waals surface area contributed by atoms with Gasteiger partial charge in [0, 0.05) is 31.2 Å². The molecule has 2 aromatic carbocycles. The van der Waals surface area contributed by atoms with Gasteiger partial charge in [-0.2, -0.15) is 0 Å². The maximum Gasteiger partial charge on any atom is 0.410 e. The Hall–Kier alpha value is -3.65. The maximum atomic E-state index is 14.6. The average molecular weight is 598 g/mol. The van der Waals surface area contributed by atoms with E-state index in [1.54, 1.807) is 4.90 Å². The lowest BCUT2D eigenvalue weighted by Crippen LogP contribution is -2.58. The summed E-state index contributed by atoms with van der Waals surface area (Å²) in [6, 6.07) is 20.8. The zero-order chi connectivity index (χ0) is 30.7. The van der Waals surface area contributed by atoms with Crippen LogP contribution < -0.4 is 5.32 Å². The van der Waals surface area contributed by atoms with Gasteiger partial charge in [0.2, 0.25) is 0 Å². The number of nitrogens with one attached hydrogen (secondary N) is 1. The van der Waals surface area contributed by atoms with Crippen molar-refractivity contribution in [2.45, 2.75) is 89.4 Å². The fraction of sp³-hybridized carbons (Fsp3) is 0.528. The predicted octanol–water partition coefficient (Wildman–Crippen LogP) is 6.34. The van der Waals surface area contributed by atoms with Crippen molar-refractivity contribution in [3.63, 3.8) is 0 Å². The number of imidazole rings is 1. The molecular formula is C36H47N5O3. The van der Waals surface area contributed by atoms with Crippen LogP contribution in [0.5, 0.6) is 0 Å². The van der Waals surface area contributed by atoms with Gasteiger partial charge >= 0.3 is 6.09 Å². The summed E-state index contributed by atoms with van der Waals surface area (Å²) in [5.74, 6) is 0.734. The molecule has 2 heterocycles. The maximum absolute atomic E-state index is 14.6. The summed E-state index contributed by atoms with van der Waals surface area (Å²) in [4.78, 5) is 36.2. The summed E-state index contributed by atoms with van der Waals surface area (Å²) in [6.45, 7) is 7.97. The quantitative estimate of drug-likeness (QED) is 0.328. The molecule has 0 spiro atoms. The molecular weight excluding hydrogens is 550 g/mol. The van der Waals surface area contributed by atoms with E-state index in [4.69, 9.17) is 9.72 Å². The lowest BCUT2D eigenvalue weighted by Gasteiger charge is -2.41. The van der Waals surface area contributed by atoms with E-state index in [-0.39, 0.29) is 24.1 Å². The predicted molar refractivity (Wildman–Crippen MR) is 172 cm³/mol. The van der Waals surface area contributed by atoms with Gasteiger partial charge in [0.05, 0.1) is 24.1 Å². The number of amides is 2. The first-order chi connectivity index (χ1) is 21.3. The van der Waals surface area contributed by atoms with E-state index in [0.29, 0.717) is 37.8 Å². The van der Waals surface area contributed by atoms with Crippen LogP contribution in [0.2, 0.25) is 0 Å². The molecule has 234 valence electrons. The van der Waals surface area contributed by atoms with Crippen molar-refractivity contribution >= 4 is 12.0 Å². The van der Waals surface area contributed by atoms with Crippen LogP contribution in [0.25, 0.3) is 11.3 Å². The first-order valence-corrected chi connectivity index (χ1v) is 16.5. The Balaban J connectivity index is 1.31. The number of carbonyl (C=O) groups is 2. The second-order valence-corrected chi connectivity index (χ2v) is 13.8. The molecule has 1 aliphatic heterocycles. The molecule has 0 radical (unpaired) electrons. The number of nitrogens with zero attached hydrogens (tertiary/aromatic N) is 4. The van der Waals surface area contributed by atoms with Gasteiger partial charge in [0.25, 0.3) is 5.91 Å². The fourth-order valence-corrected chi connectivity index (χ4v) is 6.79. The number of benzene rings is 2. The number of hydrogen-bond donors (Lipinski definition) is 1. The van der Waals surface area contributed by atoms with E-state index in [9.17, 15) is 9.59 Å². The minimum absolute atomic E-state index is 0.0781. The normalized spacial score (nSPS) is 22.6. The number of rotatable bonds is 8. The third-order valence-corrected chi connectivity index (χ3v) is 9.21. The fourth-order valence-electron chi connectivity index (χ4n) is 6.79. The van der Waals surface area contributed by atoms with E-state index in [1.807, 2.05) is 68.4 Å². The number of aromatic nitrogens is 2.